The van der Waals surface area contributed by atoms with Crippen molar-refractivity contribution >= 4 is 5.97 Å². The summed E-state index contributed by atoms with van der Waals surface area (Å²) < 4.78 is 1.20. The van der Waals surface area contributed by atoms with Crippen LogP contribution in [-0.2, 0) is 7.05 Å². The number of hydrogen-bond acceptors (Lipinski definition) is 4. The number of aryl methyl sites for hydroxylation is 1. The van der Waals surface area contributed by atoms with Gasteiger partial charge in [0.1, 0.15) is 0 Å². The van der Waals surface area contributed by atoms with E-state index in [9.17, 15) is 9.59 Å². The molecule has 1 aliphatic heterocycles. The lowest BCUT2D eigenvalue weighted by molar-refractivity contribution is 0.0693. The molecule has 0 bridgehead atoms. The summed E-state index contributed by atoms with van der Waals surface area (Å²) in [7, 11) is 3.48. The second-order valence-corrected chi connectivity index (χ2v) is 4.49. The van der Waals surface area contributed by atoms with Gasteiger partial charge in [-0.3, -0.25) is 0 Å². The van der Waals surface area contributed by atoms with E-state index in [0.717, 1.165) is 19.5 Å². The lowest BCUT2D eigenvalue weighted by Crippen LogP contribution is -2.26. The van der Waals surface area contributed by atoms with Gasteiger partial charge in [0, 0.05) is 25.7 Å². The number of rotatable bonds is 2. The molecule has 1 atom stereocenters. The van der Waals surface area contributed by atoms with Crippen molar-refractivity contribution in [2.24, 2.45) is 7.05 Å². The van der Waals surface area contributed by atoms with Gasteiger partial charge < -0.3 is 14.6 Å². The maximum atomic E-state index is 11.5. The number of hydrogen-bond donors (Lipinski definition) is 1. The Morgan fingerprint density at radius 2 is 2.24 bits per heavy atom. The quantitative estimate of drug-likeness (QED) is 0.777. The zero-order valence-corrected chi connectivity index (χ0v) is 9.88. The number of carbonyl (C=O) groups is 1. The first-order valence-electron chi connectivity index (χ1n) is 5.48. The molecule has 1 saturated heterocycles. The second-order valence-electron chi connectivity index (χ2n) is 4.49. The number of likely N-dealkylation sites (tertiary alicyclic amines) is 1. The third-order valence-corrected chi connectivity index (χ3v) is 3.12. The maximum Gasteiger partial charge on any atom is 0.347 e. The first-order valence-corrected chi connectivity index (χ1v) is 5.48. The number of carboxylic acid groups (broad SMARTS) is 1. The van der Waals surface area contributed by atoms with E-state index >= 15 is 0 Å². The third-order valence-electron chi connectivity index (χ3n) is 3.12. The first-order chi connectivity index (χ1) is 7.99. The fraction of sp³-hybridized carbons (Fsp3) is 0.545. The second kappa shape index (κ2) is 4.29. The van der Waals surface area contributed by atoms with Gasteiger partial charge in [-0.2, -0.15) is 4.98 Å². The Balaban J connectivity index is 2.48. The van der Waals surface area contributed by atoms with Gasteiger partial charge >= 0.3 is 11.7 Å². The summed E-state index contributed by atoms with van der Waals surface area (Å²) in [6.07, 6.45) is 2.20. The predicted octanol–water partition coefficient (Wildman–Crippen LogP) is -0.102. The molecule has 6 heteroatoms. The Morgan fingerprint density at radius 3 is 2.76 bits per heavy atom. The molecule has 2 rings (SSSR count). The van der Waals surface area contributed by atoms with Crippen LogP contribution in [0, 0.1) is 0 Å². The molecule has 0 saturated carbocycles. The lowest BCUT2D eigenvalue weighted by atomic mass is 10.0. The number of nitrogens with zero attached hydrogens (tertiary/aromatic N) is 3. The highest BCUT2D eigenvalue weighted by molar-refractivity contribution is 5.88. The van der Waals surface area contributed by atoms with Crippen LogP contribution in [0.2, 0.25) is 0 Å². The summed E-state index contributed by atoms with van der Waals surface area (Å²) in [5.74, 6) is -0.988. The molecule has 0 radical (unpaired) electrons. The molecule has 0 amide bonds. The summed E-state index contributed by atoms with van der Waals surface area (Å²) >= 11 is 0. The highest BCUT2D eigenvalue weighted by atomic mass is 16.4. The normalized spacial score (nSPS) is 20.7. The first kappa shape index (κ1) is 11.8. The topological polar surface area (TPSA) is 75.4 Å². The van der Waals surface area contributed by atoms with E-state index in [-0.39, 0.29) is 11.5 Å². The van der Waals surface area contributed by atoms with Gasteiger partial charge in [-0.1, -0.05) is 0 Å². The summed E-state index contributed by atoms with van der Waals surface area (Å²) in [5, 5.41) is 9.14. The van der Waals surface area contributed by atoms with Crippen molar-refractivity contribution in [2.45, 2.75) is 12.3 Å². The van der Waals surface area contributed by atoms with Gasteiger partial charge in [0.2, 0.25) is 0 Å². The Labute approximate surface area is 98.5 Å². The van der Waals surface area contributed by atoms with E-state index in [1.54, 1.807) is 0 Å². The Bertz CT molecular complexity index is 509. The van der Waals surface area contributed by atoms with Gasteiger partial charge in [-0.05, 0) is 20.0 Å². The lowest BCUT2D eigenvalue weighted by Gasteiger charge is -2.12. The molecule has 1 unspecified atom stereocenters. The van der Waals surface area contributed by atoms with Crippen LogP contribution in [0.15, 0.2) is 11.0 Å². The minimum absolute atomic E-state index is 0.0417. The zero-order valence-electron chi connectivity index (χ0n) is 9.88. The minimum atomic E-state index is -1.03. The predicted molar refractivity (Wildman–Crippen MR) is 61.3 cm³/mol. The van der Waals surface area contributed by atoms with Crippen LogP contribution in [-0.4, -0.2) is 45.7 Å². The standard InChI is InChI=1S/C11H15N3O3/c1-13-4-3-7(5-13)9-8(10(15)16)6-14(2)11(17)12-9/h6-7H,3-5H2,1-2H3,(H,15,16). The molecule has 17 heavy (non-hydrogen) atoms. The fourth-order valence-electron chi connectivity index (χ4n) is 2.19. The van der Waals surface area contributed by atoms with Crippen molar-refractivity contribution < 1.29 is 9.90 Å². The molecule has 2 heterocycles. The molecule has 0 spiro atoms. The van der Waals surface area contributed by atoms with Gasteiger partial charge in [0.05, 0.1) is 11.3 Å². The van der Waals surface area contributed by atoms with Crippen molar-refractivity contribution in [1.82, 2.24) is 14.5 Å². The Hall–Kier alpha value is -1.69. The molecule has 1 aromatic heterocycles. The highest BCUT2D eigenvalue weighted by Crippen LogP contribution is 2.26. The van der Waals surface area contributed by atoms with Crippen LogP contribution in [0.5, 0.6) is 0 Å². The van der Waals surface area contributed by atoms with Crippen molar-refractivity contribution in [1.29, 1.82) is 0 Å². The SMILES string of the molecule is CN1CCC(c2nc(=O)n(C)cc2C(=O)O)C1. The van der Waals surface area contributed by atoms with Crippen LogP contribution in [0.1, 0.15) is 28.4 Å². The molecule has 0 aromatic carbocycles. The Kier molecular flexibility index (Phi) is 2.97. The van der Waals surface area contributed by atoms with Crippen LogP contribution >= 0.6 is 0 Å². The highest BCUT2D eigenvalue weighted by Gasteiger charge is 2.27. The number of carboxylic acids is 1. The van der Waals surface area contributed by atoms with Crippen molar-refractivity contribution in [3.05, 3.63) is 27.9 Å². The smallest absolute Gasteiger partial charge is 0.347 e. The van der Waals surface area contributed by atoms with Crippen molar-refractivity contribution in [3.8, 4) is 0 Å². The van der Waals surface area contributed by atoms with Gasteiger partial charge in [0.15, 0.2) is 0 Å². The van der Waals surface area contributed by atoms with E-state index in [4.69, 9.17) is 5.11 Å². The molecule has 92 valence electrons. The number of likely N-dealkylation sites (N-methyl/N-ethyl adjacent to an activating group) is 1. The molecular weight excluding hydrogens is 222 g/mol. The van der Waals surface area contributed by atoms with Gasteiger partial charge in [0.25, 0.3) is 0 Å². The summed E-state index contributed by atoms with van der Waals surface area (Å²) in [6, 6.07) is 0. The molecule has 0 aliphatic carbocycles. The van der Waals surface area contributed by atoms with E-state index in [1.165, 1.54) is 17.8 Å². The van der Waals surface area contributed by atoms with Gasteiger partial charge in [-0.25, -0.2) is 9.59 Å². The average Bonchev–Trinajstić information content (AvgIpc) is 2.68. The largest absolute Gasteiger partial charge is 0.478 e. The van der Waals surface area contributed by atoms with E-state index in [1.807, 2.05) is 7.05 Å². The third kappa shape index (κ3) is 2.21. The van der Waals surface area contributed by atoms with Gasteiger partial charge in [-0.15, -0.1) is 0 Å². The molecule has 1 aliphatic rings. The molecule has 1 N–H and O–H groups in total. The molecule has 6 nitrogen and oxygen atoms in total. The minimum Gasteiger partial charge on any atom is -0.478 e. The van der Waals surface area contributed by atoms with Crippen molar-refractivity contribution in [3.63, 3.8) is 0 Å². The Morgan fingerprint density at radius 1 is 1.53 bits per heavy atom. The molecular formula is C11H15N3O3. The zero-order chi connectivity index (χ0) is 12.6. The van der Waals surface area contributed by atoms with Crippen molar-refractivity contribution in [2.75, 3.05) is 20.1 Å². The number of aromatic nitrogens is 2. The van der Waals surface area contributed by atoms with E-state index < -0.39 is 11.7 Å². The van der Waals surface area contributed by atoms with Crippen LogP contribution < -0.4 is 5.69 Å². The summed E-state index contributed by atoms with van der Waals surface area (Å²) in [5.41, 5.74) is 0.150. The molecule has 1 fully saturated rings. The fourth-order valence-corrected chi connectivity index (χ4v) is 2.19. The number of aromatic carboxylic acids is 1. The monoisotopic (exact) mass is 237 g/mol. The van der Waals surface area contributed by atoms with Crippen LogP contribution in [0.3, 0.4) is 0 Å². The van der Waals surface area contributed by atoms with E-state index in [0.29, 0.717) is 5.69 Å². The van der Waals surface area contributed by atoms with E-state index in [2.05, 4.69) is 9.88 Å². The summed E-state index contributed by atoms with van der Waals surface area (Å²) in [6.45, 7) is 1.65. The summed E-state index contributed by atoms with van der Waals surface area (Å²) in [4.78, 5) is 28.7. The van der Waals surface area contributed by atoms with Crippen LogP contribution in [0.4, 0.5) is 0 Å². The molecule has 1 aromatic rings. The van der Waals surface area contributed by atoms with Crippen LogP contribution in [0.25, 0.3) is 0 Å². The maximum absolute atomic E-state index is 11.5. The average molecular weight is 237 g/mol.